The normalized spacial score (nSPS) is 21.7. The number of aliphatic imine (C=N–C) groups is 1. The van der Waals surface area contributed by atoms with Crippen LogP contribution in [0.15, 0.2) is 53.5 Å². The Morgan fingerprint density at radius 3 is 2.62 bits per heavy atom. The molecule has 4 heterocycles. The molecular formula is C23H26ClN7O. The number of halogens is 1. The van der Waals surface area contributed by atoms with Crippen molar-refractivity contribution in [1.82, 2.24) is 24.7 Å². The molecule has 166 valence electrons. The van der Waals surface area contributed by atoms with Crippen LogP contribution < -0.4 is 10.2 Å². The van der Waals surface area contributed by atoms with E-state index in [1.165, 1.54) is 0 Å². The van der Waals surface area contributed by atoms with Gasteiger partial charge in [0.05, 0.1) is 37.6 Å². The van der Waals surface area contributed by atoms with E-state index in [2.05, 4.69) is 54.9 Å². The monoisotopic (exact) mass is 451 g/mol. The average molecular weight is 452 g/mol. The molecule has 0 unspecified atom stereocenters. The van der Waals surface area contributed by atoms with Crippen molar-refractivity contribution in [3.8, 4) is 0 Å². The number of ether oxygens (including phenoxy) is 1. The summed E-state index contributed by atoms with van der Waals surface area (Å²) < 4.78 is 7.74. The van der Waals surface area contributed by atoms with Gasteiger partial charge < -0.3 is 10.1 Å². The van der Waals surface area contributed by atoms with Gasteiger partial charge in [0.25, 0.3) is 0 Å². The minimum absolute atomic E-state index is 0.0930. The highest BCUT2D eigenvalue weighted by Crippen LogP contribution is 2.34. The highest BCUT2D eigenvalue weighted by atomic mass is 35.5. The average Bonchev–Trinajstić information content (AvgIpc) is 3.23. The molecule has 6 rings (SSSR count). The second kappa shape index (κ2) is 8.37. The van der Waals surface area contributed by atoms with E-state index < -0.39 is 0 Å². The number of aromatic nitrogens is 2. The molecule has 3 aromatic rings. The summed E-state index contributed by atoms with van der Waals surface area (Å²) in [6, 6.07) is 16.3. The fourth-order valence-corrected chi connectivity index (χ4v) is 4.76. The molecule has 9 heteroatoms. The van der Waals surface area contributed by atoms with Crippen molar-refractivity contribution < 1.29 is 4.74 Å². The van der Waals surface area contributed by atoms with E-state index in [-0.39, 0.29) is 6.17 Å². The first kappa shape index (κ1) is 20.0. The number of hydrogen-bond acceptors (Lipinski definition) is 7. The van der Waals surface area contributed by atoms with Gasteiger partial charge in [-0.1, -0.05) is 35.9 Å². The molecule has 0 radical (unpaired) electrons. The standard InChI is InChI=1S/C23H26ClN7O/c24-18-7-5-17(6-8-18)21-27-22-25-15-29(10-9-28-11-13-32-14-12-28)16-30(22)23-26-19-3-1-2-4-20(19)31(21)23/h1-8,21H,9-16H2,(H,25,27)/t21-/m0/s1. The van der Waals surface area contributed by atoms with Gasteiger partial charge in [-0.2, -0.15) is 0 Å². The zero-order chi connectivity index (χ0) is 21.5. The number of nitrogens with one attached hydrogen (secondary N) is 1. The smallest absolute Gasteiger partial charge is 0.216 e. The zero-order valence-electron chi connectivity index (χ0n) is 17.8. The molecule has 0 aliphatic carbocycles. The second-order valence-electron chi connectivity index (χ2n) is 8.41. The van der Waals surface area contributed by atoms with Gasteiger partial charge in [-0.3, -0.25) is 19.3 Å². The molecule has 32 heavy (non-hydrogen) atoms. The van der Waals surface area contributed by atoms with E-state index >= 15 is 0 Å². The molecule has 3 aliphatic rings. The Bertz CT molecular complexity index is 1140. The van der Waals surface area contributed by atoms with Crippen LogP contribution in [0.4, 0.5) is 5.95 Å². The van der Waals surface area contributed by atoms with E-state index in [0.29, 0.717) is 6.67 Å². The number of benzene rings is 2. The summed E-state index contributed by atoms with van der Waals surface area (Å²) in [5, 5.41) is 4.38. The lowest BCUT2D eigenvalue weighted by Gasteiger charge is -2.42. The van der Waals surface area contributed by atoms with E-state index in [9.17, 15) is 0 Å². The van der Waals surface area contributed by atoms with Crippen LogP contribution in [0.3, 0.4) is 0 Å². The maximum atomic E-state index is 6.15. The van der Waals surface area contributed by atoms with Crippen LogP contribution >= 0.6 is 11.6 Å². The van der Waals surface area contributed by atoms with Crippen molar-refractivity contribution in [1.29, 1.82) is 0 Å². The summed E-state index contributed by atoms with van der Waals surface area (Å²) in [5.74, 6) is 1.79. The predicted molar refractivity (Wildman–Crippen MR) is 126 cm³/mol. The number of imidazole rings is 1. The highest BCUT2D eigenvalue weighted by Gasteiger charge is 2.35. The summed E-state index contributed by atoms with van der Waals surface area (Å²) in [7, 11) is 0. The quantitative estimate of drug-likeness (QED) is 0.658. The van der Waals surface area contributed by atoms with Gasteiger partial charge in [0.15, 0.2) is 0 Å². The lowest BCUT2D eigenvalue weighted by Crippen LogP contribution is -2.58. The predicted octanol–water partition coefficient (Wildman–Crippen LogP) is 2.56. The first-order chi connectivity index (χ1) is 15.8. The third-order valence-corrected chi connectivity index (χ3v) is 6.63. The fourth-order valence-electron chi connectivity index (χ4n) is 4.64. The molecule has 0 spiro atoms. The van der Waals surface area contributed by atoms with E-state index in [1.54, 1.807) is 0 Å². The SMILES string of the molecule is Clc1ccc([C@H]2NC3=NCN(CCN4CCOCC4)CN3c3nc4ccccc4n32)cc1. The number of hydrogen-bond donors (Lipinski definition) is 1. The Balaban J connectivity index is 1.32. The van der Waals surface area contributed by atoms with Gasteiger partial charge in [-0.25, -0.2) is 9.98 Å². The van der Waals surface area contributed by atoms with Crippen molar-refractivity contribution in [3.63, 3.8) is 0 Å². The molecule has 1 fully saturated rings. The summed E-state index contributed by atoms with van der Waals surface area (Å²) in [5.41, 5.74) is 3.20. The highest BCUT2D eigenvalue weighted by molar-refractivity contribution is 6.30. The van der Waals surface area contributed by atoms with Gasteiger partial charge in [-0.15, -0.1) is 0 Å². The van der Waals surface area contributed by atoms with Crippen LogP contribution in [0, 0.1) is 0 Å². The van der Waals surface area contributed by atoms with Gasteiger partial charge in [0, 0.05) is 31.2 Å². The molecule has 2 aromatic carbocycles. The number of fused-ring (bicyclic) bond motifs is 5. The number of para-hydroxylation sites is 2. The Morgan fingerprint density at radius 2 is 1.78 bits per heavy atom. The molecule has 3 aliphatic heterocycles. The first-order valence-electron chi connectivity index (χ1n) is 11.1. The zero-order valence-corrected chi connectivity index (χ0v) is 18.6. The molecular weight excluding hydrogens is 426 g/mol. The molecule has 8 nitrogen and oxygen atoms in total. The van der Waals surface area contributed by atoms with E-state index in [4.69, 9.17) is 26.3 Å². The second-order valence-corrected chi connectivity index (χ2v) is 8.85. The molecule has 1 N–H and O–H groups in total. The van der Waals surface area contributed by atoms with Gasteiger partial charge >= 0.3 is 0 Å². The summed E-state index contributed by atoms with van der Waals surface area (Å²) in [6.45, 7) is 7.10. The third-order valence-electron chi connectivity index (χ3n) is 6.38. The van der Waals surface area contributed by atoms with Crippen molar-refractivity contribution in [2.24, 2.45) is 4.99 Å². The Kier molecular flexibility index (Phi) is 5.23. The van der Waals surface area contributed by atoms with Crippen LogP contribution in [0.5, 0.6) is 0 Å². The van der Waals surface area contributed by atoms with Crippen LogP contribution in [-0.4, -0.2) is 78.0 Å². The van der Waals surface area contributed by atoms with Crippen molar-refractivity contribution >= 4 is 34.5 Å². The van der Waals surface area contributed by atoms with Crippen LogP contribution in [-0.2, 0) is 4.74 Å². The Labute approximate surface area is 192 Å². The maximum absolute atomic E-state index is 6.15. The van der Waals surface area contributed by atoms with Gasteiger partial charge in [-0.05, 0) is 29.8 Å². The molecule has 0 bridgehead atoms. The molecule has 1 saturated heterocycles. The fraction of sp³-hybridized carbons (Fsp3) is 0.391. The van der Waals surface area contributed by atoms with Crippen LogP contribution in [0.25, 0.3) is 11.0 Å². The number of anilines is 1. The lowest BCUT2D eigenvalue weighted by molar-refractivity contribution is 0.0334. The Morgan fingerprint density at radius 1 is 1.00 bits per heavy atom. The van der Waals surface area contributed by atoms with Crippen LogP contribution in [0.1, 0.15) is 11.7 Å². The number of nitrogens with zero attached hydrogens (tertiary/aromatic N) is 6. The van der Waals surface area contributed by atoms with Gasteiger partial charge in [0.1, 0.15) is 6.17 Å². The summed E-state index contributed by atoms with van der Waals surface area (Å²) in [4.78, 5) is 16.9. The number of morpholine rings is 1. The summed E-state index contributed by atoms with van der Waals surface area (Å²) >= 11 is 6.15. The Hall–Kier alpha value is -2.65. The minimum Gasteiger partial charge on any atom is -0.379 e. The topological polar surface area (TPSA) is 61.2 Å². The molecule has 1 aromatic heterocycles. The molecule has 0 saturated carbocycles. The summed E-state index contributed by atoms with van der Waals surface area (Å²) in [6.07, 6.45) is -0.0930. The van der Waals surface area contributed by atoms with Gasteiger partial charge in [0.2, 0.25) is 11.9 Å². The number of rotatable bonds is 4. The minimum atomic E-state index is -0.0930. The molecule has 0 amide bonds. The first-order valence-corrected chi connectivity index (χ1v) is 11.5. The maximum Gasteiger partial charge on any atom is 0.216 e. The lowest BCUT2D eigenvalue weighted by atomic mass is 10.1. The van der Waals surface area contributed by atoms with E-state index in [0.717, 1.165) is 79.6 Å². The number of guanidine groups is 1. The van der Waals surface area contributed by atoms with Crippen molar-refractivity contribution in [2.45, 2.75) is 6.17 Å². The van der Waals surface area contributed by atoms with Crippen LogP contribution in [0.2, 0.25) is 5.02 Å². The largest absolute Gasteiger partial charge is 0.379 e. The third kappa shape index (κ3) is 3.63. The van der Waals surface area contributed by atoms with E-state index in [1.807, 2.05) is 18.2 Å². The molecule has 1 atom stereocenters. The van der Waals surface area contributed by atoms with Crippen molar-refractivity contribution in [3.05, 3.63) is 59.1 Å². The van der Waals surface area contributed by atoms with Crippen molar-refractivity contribution in [2.75, 3.05) is 57.6 Å².